The average Bonchev–Trinajstić information content (AvgIpc) is 4.08. The fourth-order valence-electron chi connectivity index (χ4n) is 8.12. The summed E-state index contributed by atoms with van der Waals surface area (Å²) in [7, 11) is 2.63. The third-order valence-electron chi connectivity index (χ3n) is 12.0. The normalized spacial score (nSPS) is 20.0. The summed E-state index contributed by atoms with van der Waals surface area (Å²) in [5.41, 5.74) is 18.3. The number of likely N-dealkylation sites (tertiary alicyclic amines) is 1. The van der Waals surface area contributed by atoms with Crippen LogP contribution in [0, 0.1) is 0 Å². The fourth-order valence-corrected chi connectivity index (χ4v) is 10.3. The fraction of sp³-hybridized carbons (Fsp3) is 0.468. The molecule has 0 saturated carbocycles. The lowest BCUT2D eigenvalue weighted by Crippen LogP contribution is -2.60. The highest BCUT2D eigenvalue weighted by Gasteiger charge is 2.40. The van der Waals surface area contributed by atoms with E-state index in [0.717, 1.165) is 0 Å². The van der Waals surface area contributed by atoms with E-state index in [1.165, 1.54) is 63.3 Å². The molecule has 0 aliphatic carbocycles. The predicted molar refractivity (Wildman–Crippen MR) is 272 cm³/mol. The van der Waals surface area contributed by atoms with Gasteiger partial charge < -0.3 is 74.3 Å². The Balaban J connectivity index is 1.36. The summed E-state index contributed by atoms with van der Waals surface area (Å²) in [6.07, 6.45) is 2.71. The van der Waals surface area contributed by atoms with Crippen LogP contribution < -0.4 is 49.1 Å². The lowest BCUT2D eigenvalue weighted by molar-refractivity contribution is -0.145. The number of nitrogens with two attached hydrogens (primary N) is 3. The number of aromatic hydroxyl groups is 1. The van der Waals surface area contributed by atoms with E-state index in [4.69, 9.17) is 17.2 Å². The average molecular weight is 1070 g/mol. The van der Waals surface area contributed by atoms with Crippen molar-refractivity contribution in [2.75, 3.05) is 24.6 Å². The van der Waals surface area contributed by atoms with Crippen LogP contribution in [0.1, 0.15) is 61.8 Å². The molecular formula is C47H63N13O12S2. The van der Waals surface area contributed by atoms with Gasteiger partial charge in [-0.05, 0) is 61.8 Å². The van der Waals surface area contributed by atoms with Crippen LogP contribution in [0.25, 0.3) is 0 Å². The smallest absolute Gasteiger partial charge is 0.326 e. The van der Waals surface area contributed by atoms with Gasteiger partial charge in [-0.25, -0.2) is 9.78 Å². The van der Waals surface area contributed by atoms with Crippen molar-refractivity contribution in [1.29, 1.82) is 0 Å². The minimum absolute atomic E-state index is 0.00132. The molecule has 0 bridgehead atoms. The number of aliphatic imine (C=N–C) groups is 1. The largest absolute Gasteiger partial charge is 0.508 e. The molecule has 3 heterocycles. The van der Waals surface area contributed by atoms with Gasteiger partial charge in [0.15, 0.2) is 5.96 Å². The molecule has 2 aromatic carbocycles. The molecule has 2 saturated heterocycles. The van der Waals surface area contributed by atoms with Gasteiger partial charge in [0.25, 0.3) is 0 Å². The number of carboxylic acids is 2. The lowest BCUT2D eigenvalue weighted by atomic mass is 10.0. The number of rotatable bonds is 22. The molecule has 0 spiro atoms. The van der Waals surface area contributed by atoms with Gasteiger partial charge >= 0.3 is 11.9 Å². The molecule has 0 unspecified atom stereocenters. The van der Waals surface area contributed by atoms with E-state index >= 15 is 0 Å². The Labute approximate surface area is 433 Å². The van der Waals surface area contributed by atoms with E-state index < -0.39 is 108 Å². The lowest BCUT2D eigenvalue weighted by Gasteiger charge is -2.30. The van der Waals surface area contributed by atoms with Gasteiger partial charge in [-0.15, -0.1) is 0 Å². The molecule has 2 fully saturated rings. The van der Waals surface area contributed by atoms with Crippen molar-refractivity contribution < 1.29 is 58.5 Å². The molecule has 7 amide bonds. The van der Waals surface area contributed by atoms with Gasteiger partial charge in [-0.3, -0.25) is 43.3 Å². The van der Waals surface area contributed by atoms with Gasteiger partial charge in [-0.1, -0.05) is 64.1 Å². The monoisotopic (exact) mass is 1070 g/mol. The zero-order valence-electron chi connectivity index (χ0n) is 40.3. The van der Waals surface area contributed by atoms with Crippen LogP contribution in [0.5, 0.6) is 5.75 Å². The first-order valence-electron chi connectivity index (χ1n) is 23.8. The van der Waals surface area contributed by atoms with Gasteiger partial charge in [-0.2, -0.15) is 0 Å². The minimum atomic E-state index is -1.50. The van der Waals surface area contributed by atoms with E-state index in [9.17, 15) is 58.5 Å². The van der Waals surface area contributed by atoms with Crippen molar-refractivity contribution >= 4 is 80.8 Å². The quantitative estimate of drug-likeness (QED) is 0.0228. The van der Waals surface area contributed by atoms with Crippen LogP contribution in [0.4, 0.5) is 0 Å². The number of carbonyl (C=O) groups is 9. The maximum Gasteiger partial charge on any atom is 0.326 e. The first-order valence-corrected chi connectivity index (χ1v) is 26.3. The molecule has 1 aromatic heterocycles. The van der Waals surface area contributed by atoms with Gasteiger partial charge in [0.2, 0.25) is 41.4 Å². The highest BCUT2D eigenvalue weighted by molar-refractivity contribution is 8.76. The highest BCUT2D eigenvalue weighted by atomic mass is 33.1. The number of benzene rings is 2. The number of nitrogens with one attached hydrogen (secondary N) is 7. The Bertz CT molecular complexity index is 2450. The number of nitrogens with zero attached hydrogens (tertiary/aromatic N) is 3. The molecule has 8 atom stereocenters. The van der Waals surface area contributed by atoms with E-state index in [-0.39, 0.29) is 87.7 Å². The number of hydrogen-bond donors (Lipinski definition) is 13. The zero-order valence-corrected chi connectivity index (χ0v) is 41.9. The van der Waals surface area contributed by atoms with Crippen LogP contribution in [0.2, 0.25) is 0 Å². The molecular weight excluding hydrogens is 1000 g/mol. The number of H-pyrrole nitrogens is 1. The van der Waals surface area contributed by atoms with Crippen molar-refractivity contribution in [3.8, 4) is 5.75 Å². The number of imidazole rings is 1. The summed E-state index contributed by atoms with van der Waals surface area (Å²) < 4.78 is 0. The topological polar surface area (TPSA) is 409 Å². The summed E-state index contributed by atoms with van der Waals surface area (Å²) in [5.74, 6) is -7.79. The van der Waals surface area contributed by atoms with Crippen LogP contribution >= 0.6 is 21.6 Å². The number of aromatic nitrogens is 2. The molecule has 16 N–H and O–H groups in total. The second kappa shape index (κ2) is 28.7. The number of phenolic OH excluding ortho intramolecular Hbond substituents is 1. The second-order valence-corrected chi connectivity index (χ2v) is 20.3. The third-order valence-corrected chi connectivity index (χ3v) is 14.4. The van der Waals surface area contributed by atoms with E-state index in [1.54, 1.807) is 30.3 Å². The molecule has 5 rings (SSSR count). The molecule has 2 aliphatic rings. The zero-order chi connectivity index (χ0) is 53.7. The number of aromatic amines is 1. The standard InChI is InChI=1S/C47H63N13O12S2/c48-30(23-38(62)63)39(64)54-31(8-4-16-52-47(49)50)40(65)55-32-14-18-73-74-19-15-33(56-43(68)34(57-41(32)66)20-27-10-12-29(61)13-11-27)42(67)58-35(22-28-24-51-25-53-28)45(70)60-17-5-9-37(60)44(69)59-36(46(71)72)21-26-6-2-1-3-7-26/h1-3,6-7,10-13,24-25,30-37,61H,4-5,8-9,14-23,48H2,(H,51,53)(H,54,64)(H,55,65)(H,56,68)(H,57,66)(H,58,67)(H,59,69)(H,62,63)(H,71,72)(H4,49,50,52)/t30-,31-,32-,33-,34-,35-,36-,37-/m0/s1. The molecule has 400 valence electrons. The number of hydrogen-bond acceptors (Lipinski definition) is 15. The van der Waals surface area contributed by atoms with Gasteiger partial charge in [0.1, 0.15) is 48.0 Å². The summed E-state index contributed by atoms with van der Waals surface area (Å²) in [5, 5.41) is 45.1. The number of guanidine groups is 1. The Morgan fingerprint density at radius 3 is 2.18 bits per heavy atom. The van der Waals surface area contributed by atoms with Crippen molar-refractivity contribution in [2.45, 2.75) is 113 Å². The molecule has 2 aliphatic heterocycles. The maximum absolute atomic E-state index is 14.5. The van der Waals surface area contributed by atoms with E-state index in [0.29, 0.717) is 23.2 Å². The summed E-state index contributed by atoms with van der Waals surface area (Å²) in [6, 6.07) is 4.13. The molecule has 27 heteroatoms. The molecule has 3 aromatic rings. The summed E-state index contributed by atoms with van der Waals surface area (Å²) >= 11 is 0. The van der Waals surface area contributed by atoms with Crippen molar-refractivity contribution in [2.24, 2.45) is 22.2 Å². The molecule has 74 heavy (non-hydrogen) atoms. The van der Waals surface area contributed by atoms with Crippen molar-refractivity contribution in [3.63, 3.8) is 0 Å². The van der Waals surface area contributed by atoms with Crippen LogP contribution in [0.15, 0.2) is 72.1 Å². The van der Waals surface area contributed by atoms with Crippen LogP contribution in [0.3, 0.4) is 0 Å². The van der Waals surface area contributed by atoms with E-state index in [1.807, 2.05) is 0 Å². The van der Waals surface area contributed by atoms with E-state index in [2.05, 4.69) is 46.9 Å². The van der Waals surface area contributed by atoms with Gasteiger partial charge in [0, 0.05) is 55.7 Å². The number of phenols is 1. The van der Waals surface area contributed by atoms with Crippen LogP contribution in [-0.2, 0) is 62.4 Å². The number of aliphatic carboxylic acids is 2. The Morgan fingerprint density at radius 1 is 0.811 bits per heavy atom. The predicted octanol–water partition coefficient (Wildman–Crippen LogP) is -1.84. The summed E-state index contributed by atoms with van der Waals surface area (Å²) in [6.45, 7) is 0.200. The molecule has 25 nitrogen and oxygen atoms in total. The first kappa shape index (κ1) is 57.5. The second-order valence-electron chi connectivity index (χ2n) is 17.6. The van der Waals surface area contributed by atoms with Crippen molar-refractivity contribution in [3.05, 3.63) is 83.9 Å². The summed E-state index contributed by atoms with van der Waals surface area (Å²) in [4.78, 5) is 134. The molecule has 0 radical (unpaired) electrons. The number of carbonyl (C=O) groups excluding carboxylic acids is 7. The Hall–Kier alpha value is -7.39. The van der Waals surface area contributed by atoms with Crippen LogP contribution in [-0.4, -0.2) is 162 Å². The van der Waals surface area contributed by atoms with Crippen molar-refractivity contribution in [1.82, 2.24) is 46.8 Å². The Morgan fingerprint density at radius 2 is 1.51 bits per heavy atom. The number of amides is 7. The van der Waals surface area contributed by atoms with Gasteiger partial charge in [0.05, 0.1) is 18.8 Å². The third kappa shape index (κ3) is 18.3. The minimum Gasteiger partial charge on any atom is -0.508 e. The SMILES string of the molecule is NC(N)=NCCC[C@H](NC(=O)[C@@H](N)CC(=O)O)C(=O)N[C@H]1CCSSCC[C@@H](C(=O)N[C@@H](Cc2cnc[nH]2)C(=O)N2CCC[C@H]2C(=O)N[C@@H](Cc2ccccc2)C(=O)O)NC(=O)[C@H](Cc2ccc(O)cc2)NC1=O. The number of carboxylic acid groups (broad SMARTS) is 2. The maximum atomic E-state index is 14.5. The Kier molecular flexibility index (Phi) is 22.3. The first-order chi connectivity index (χ1) is 35.4. The highest BCUT2D eigenvalue weighted by Crippen LogP contribution is 2.25.